The zero-order chi connectivity index (χ0) is 26.2. The molecule has 0 unspecified atom stereocenters. The maximum atomic E-state index is 12.7. The Kier molecular flexibility index (Phi) is 12.6. The van der Waals surface area contributed by atoms with E-state index in [1.54, 1.807) is 62.6 Å². The number of benzene rings is 2. The maximum Gasteiger partial charge on any atom is 0.412 e. The number of ether oxygens (including phenoxy) is 4. The summed E-state index contributed by atoms with van der Waals surface area (Å²) in [6.07, 6.45) is 7.17. The number of carbonyl (C=O) groups is 2. The molecule has 8 nitrogen and oxygen atoms in total. The summed E-state index contributed by atoms with van der Waals surface area (Å²) in [5.74, 6) is 0.931. The first-order valence-electron chi connectivity index (χ1n) is 11.9. The van der Waals surface area contributed by atoms with E-state index in [0.717, 1.165) is 18.4 Å². The van der Waals surface area contributed by atoms with E-state index < -0.39 is 12.2 Å². The molecule has 0 spiro atoms. The summed E-state index contributed by atoms with van der Waals surface area (Å²) < 4.78 is 21.3. The normalized spacial score (nSPS) is 12.8. The molecule has 0 bridgehead atoms. The van der Waals surface area contributed by atoms with Crippen LogP contribution < -0.4 is 14.8 Å². The maximum absolute atomic E-state index is 12.7. The smallest absolute Gasteiger partial charge is 0.412 e. The van der Waals surface area contributed by atoms with Crippen molar-refractivity contribution < 1.29 is 33.6 Å². The van der Waals surface area contributed by atoms with Crippen LogP contribution in [-0.4, -0.2) is 44.1 Å². The van der Waals surface area contributed by atoms with E-state index in [-0.39, 0.29) is 25.1 Å². The lowest BCUT2D eigenvalue weighted by Gasteiger charge is -2.25. The van der Waals surface area contributed by atoms with Gasteiger partial charge in [-0.3, -0.25) is 5.32 Å². The summed E-state index contributed by atoms with van der Waals surface area (Å²) >= 11 is 0. The van der Waals surface area contributed by atoms with Crippen molar-refractivity contribution in [3.8, 4) is 11.5 Å². The number of allylic oxidation sites excluding steroid dienone is 3. The number of carbonyl (C=O) groups excluding carboxylic acids is 2. The van der Waals surface area contributed by atoms with Gasteiger partial charge in [-0.1, -0.05) is 37.3 Å². The molecule has 0 aliphatic heterocycles. The molecule has 0 aromatic heterocycles. The Balaban J connectivity index is 2.05. The van der Waals surface area contributed by atoms with Crippen molar-refractivity contribution >= 4 is 17.7 Å². The number of aliphatic hydroxyl groups excluding tert-OH is 1. The highest BCUT2D eigenvalue weighted by Crippen LogP contribution is 2.31. The van der Waals surface area contributed by atoms with E-state index >= 15 is 0 Å². The number of methoxy groups -OCH3 is 1. The third-order valence-corrected chi connectivity index (χ3v) is 5.21. The number of aliphatic hydroxyl groups is 1. The lowest BCUT2D eigenvalue weighted by molar-refractivity contribution is -0.137. The Labute approximate surface area is 212 Å². The summed E-state index contributed by atoms with van der Waals surface area (Å²) in [6, 6.07) is 14.3. The quantitative estimate of drug-likeness (QED) is 0.203. The van der Waals surface area contributed by atoms with Crippen LogP contribution >= 0.6 is 0 Å². The van der Waals surface area contributed by atoms with Crippen LogP contribution in [0.4, 0.5) is 10.5 Å². The largest absolute Gasteiger partial charge is 0.497 e. The molecule has 2 N–H and O–H groups in total. The summed E-state index contributed by atoms with van der Waals surface area (Å²) in [5, 5.41) is 11.7. The van der Waals surface area contributed by atoms with Gasteiger partial charge in [-0.15, -0.1) is 0 Å². The van der Waals surface area contributed by atoms with Gasteiger partial charge in [0.25, 0.3) is 0 Å². The van der Waals surface area contributed by atoms with Crippen molar-refractivity contribution in [2.75, 3.05) is 32.2 Å². The molecule has 36 heavy (non-hydrogen) atoms. The molecule has 0 aliphatic rings. The van der Waals surface area contributed by atoms with E-state index in [1.165, 1.54) is 6.08 Å². The topological polar surface area (TPSA) is 103 Å². The van der Waals surface area contributed by atoms with E-state index in [1.807, 2.05) is 25.1 Å². The second-order valence-electron chi connectivity index (χ2n) is 7.91. The highest BCUT2D eigenvalue weighted by Gasteiger charge is 2.23. The molecule has 194 valence electrons. The van der Waals surface area contributed by atoms with Crippen LogP contribution in [0.1, 0.15) is 38.4 Å². The van der Waals surface area contributed by atoms with Crippen molar-refractivity contribution in [2.24, 2.45) is 5.92 Å². The minimum atomic E-state index is -0.564. The molecular formula is C28H35NO7. The van der Waals surface area contributed by atoms with Crippen LogP contribution in [0.5, 0.6) is 11.5 Å². The lowest BCUT2D eigenvalue weighted by Crippen LogP contribution is -2.22. The third kappa shape index (κ3) is 10.2. The first kappa shape index (κ1) is 28.5. The van der Waals surface area contributed by atoms with Crippen LogP contribution in [0.3, 0.4) is 0 Å². The molecular weight excluding hydrogens is 462 g/mol. The summed E-state index contributed by atoms with van der Waals surface area (Å²) in [5.41, 5.74) is 1.42. The van der Waals surface area contributed by atoms with E-state index in [9.17, 15) is 9.59 Å². The number of nitrogens with one attached hydrogen (secondary N) is 1. The van der Waals surface area contributed by atoms with Gasteiger partial charge in [0.1, 0.15) is 24.2 Å². The number of rotatable bonds is 14. The molecule has 0 saturated carbocycles. The molecule has 0 saturated heterocycles. The fourth-order valence-corrected chi connectivity index (χ4v) is 3.38. The van der Waals surface area contributed by atoms with Crippen molar-refractivity contribution in [1.29, 1.82) is 0 Å². The Morgan fingerprint density at radius 3 is 2.36 bits per heavy atom. The van der Waals surface area contributed by atoms with Crippen LogP contribution in [0, 0.1) is 5.92 Å². The van der Waals surface area contributed by atoms with E-state index in [0.29, 0.717) is 23.8 Å². The molecule has 0 aliphatic carbocycles. The minimum Gasteiger partial charge on any atom is -0.497 e. The number of anilines is 1. The number of hydrogen-bond donors (Lipinski definition) is 2. The van der Waals surface area contributed by atoms with Crippen molar-refractivity contribution in [3.05, 3.63) is 78.4 Å². The molecule has 0 fully saturated rings. The Morgan fingerprint density at radius 2 is 1.72 bits per heavy atom. The van der Waals surface area contributed by atoms with E-state index in [4.69, 9.17) is 24.1 Å². The highest BCUT2D eigenvalue weighted by molar-refractivity contribution is 5.84. The molecule has 2 aromatic rings. The zero-order valence-corrected chi connectivity index (χ0v) is 21.0. The van der Waals surface area contributed by atoms with Gasteiger partial charge < -0.3 is 24.1 Å². The van der Waals surface area contributed by atoms with Gasteiger partial charge in [0.05, 0.1) is 20.3 Å². The standard InChI is InChI=1S/C28H35NO7/c1-4-34-26(31)10-8-6-5-7-9-21(2)27(22-11-15-25(16-12-22)35-20-19-30)36-28(32)29-23-13-17-24(33-3)18-14-23/h5-6,8,10-18,21,27,30H,4,7,9,19-20H2,1-3H3,(H,29,32)/b6-5+,10-8+/t21-,27-/m1/s1. The first-order valence-corrected chi connectivity index (χ1v) is 11.9. The van der Waals surface area contributed by atoms with Crippen molar-refractivity contribution in [3.63, 3.8) is 0 Å². The molecule has 0 heterocycles. The predicted octanol–water partition coefficient (Wildman–Crippen LogP) is 5.45. The zero-order valence-electron chi connectivity index (χ0n) is 21.0. The molecule has 0 radical (unpaired) electrons. The molecule has 1 amide bonds. The van der Waals surface area contributed by atoms with Crippen LogP contribution in [0.15, 0.2) is 72.8 Å². The summed E-state index contributed by atoms with van der Waals surface area (Å²) in [4.78, 5) is 24.1. The highest BCUT2D eigenvalue weighted by atomic mass is 16.6. The van der Waals surface area contributed by atoms with Crippen molar-refractivity contribution in [2.45, 2.75) is 32.8 Å². The van der Waals surface area contributed by atoms with Gasteiger partial charge in [0, 0.05) is 11.8 Å². The van der Waals surface area contributed by atoms with Crippen molar-refractivity contribution in [1.82, 2.24) is 0 Å². The third-order valence-electron chi connectivity index (χ3n) is 5.21. The Bertz CT molecular complexity index is 984. The second-order valence-corrected chi connectivity index (χ2v) is 7.91. The summed E-state index contributed by atoms with van der Waals surface area (Å²) in [6.45, 7) is 4.25. The van der Waals surface area contributed by atoms with Gasteiger partial charge in [-0.2, -0.15) is 0 Å². The van der Waals surface area contributed by atoms with Gasteiger partial charge in [0.2, 0.25) is 0 Å². The van der Waals surface area contributed by atoms with Gasteiger partial charge in [-0.25, -0.2) is 9.59 Å². The minimum absolute atomic E-state index is 0.00508. The average Bonchev–Trinajstić information content (AvgIpc) is 2.89. The molecule has 2 atom stereocenters. The lowest BCUT2D eigenvalue weighted by atomic mass is 9.93. The number of amides is 1. The fourth-order valence-electron chi connectivity index (χ4n) is 3.38. The average molecular weight is 498 g/mol. The fraction of sp³-hybridized carbons (Fsp3) is 0.357. The summed E-state index contributed by atoms with van der Waals surface area (Å²) in [7, 11) is 1.58. The van der Waals surface area contributed by atoms with Crippen LogP contribution in [-0.2, 0) is 14.3 Å². The number of hydrogen-bond acceptors (Lipinski definition) is 7. The SMILES string of the molecule is CCOC(=O)/C=C/C=C/CC[C@@H](C)[C@@H](OC(=O)Nc1ccc(OC)cc1)c1ccc(OCCO)cc1. The first-order chi connectivity index (χ1) is 17.5. The Hall–Kier alpha value is -3.78. The molecule has 8 heteroatoms. The van der Waals surface area contributed by atoms with Gasteiger partial charge in [-0.05, 0) is 67.6 Å². The number of esters is 1. The van der Waals surface area contributed by atoms with Crippen LogP contribution in [0.2, 0.25) is 0 Å². The monoisotopic (exact) mass is 497 g/mol. The molecule has 2 aromatic carbocycles. The van der Waals surface area contributed by atoms with Crippen LogP contribution in [0.25, 0.3) is 0 Å². The van der Waals surface area contributed by atoms with Gasteiger partial charge in [0.15, 0.2) is 0 Å². The second kappa shape index (κ2) is 16.0. The Morgan fingerprint density at radius 1 is 1.03 bits per heavy atom. The van der Waals surface area contributed by atoms with E-state index in [2.05, 4.69) is 5.32 Å². The predicted molar refractivity (Wildman–Crippen MR) is 138 cm³/mol. The van der Waals surface area contributed by atoms with Gasteiger partial charge >= 0.3 is 12.1 Å². The molecule has 2 rings (SSSR count).